The average Bonchev–Trinajstić information content (AvgIpc) is 3.25. The molecule has 0 aliphatic carbocycles. The van der Waals surface area contributed by atoms with E-state index in [-0.39, 0.29) is 60.6 Å². The summed E-state index contributed by atoms with van der Waals surface area (Å²) in [5.74, 6) is -0.249. The first kappa shape index (κ1) is 24.4. The third-order valence-electron chi connectivity index (χ3n) is 6.16. The Bertz CT molecular complexity index is 1440. The summed E-state index contributed by atoms with van der Waals surface area (Å²) < 4.78 is 32.2. The van der Waals surface area contributed by atoms with Crippen LogP contribution in [0.25, 0.3) is 10.9 Å². The zero-order chi connectivity index (χ0) is 26.1. The van der Waals surface area contributed by atoms with Crippen molar-refractivity contribution in [1.82, 2.24) is 19.9 Å². The van der Waals surface area contributed by atoms with Crippen molar-refractivity contribution in [2.24, 2.45) is 7.05 Å². The van der Waals surface area contributed by atoms with Crippen molar-refractivity contribution in [1.29, 1.82) is 0 Å². The van der Waals surface area contributed by atoms with Gasteiger partial charge < -0.3 is 29.4 Å². The predicted molar refractivity (Wildman–Crippen MR) is 131 cm³/mol. The van der Waals surface area contributed by atoms with Crippen LogP contribution in [0.1, 0.15) is 12.0 Å². The lowest BCUT2D eigenvalue weighted by atomic mass is 10.1. The molecule has 2 aliphatic heterocycles. The molecule has 1 saturated heterocycles. The summed E-state index contributed by atoms with van der Waals surface area (Å²) in [4.78, 5) is 45.7. The molecule has 5 rings (SSSR count). The largest absolute Gasteiger partial charge is 0.487 e. The summed E-state index contributed by atoms with van der Waals surface area (Å²) >= 11 is 0. The molecule has 12 nitrogen and oxygen atoms in total. The molecule has 37 heavy (non-hydrogen) atoms. The van der Waals surface area contributed by atoms with Crippen LogP contribution in [0, 0.1) is 12.7 Å². The van der Waals surface area contributed by atoms with E-state index in [0.29, 0.717) is 25.0 Å². The highest BCUT2D eigenvalue weighted by atomic mass is 19.1. The number of carbonyl (C=O) groups excluding carboxylic acids is 2. The number of aromatic nitrogens is 3. The molecule has 2 aromatic heterocycles. The molecule has 1 fully saturated rings. The van der Waals surface area contributed by atoms with Crippen molar-refractivity contribution in [3.05, 3.63) is 46.1 Å². The standard InChI is InChI=1S/C24H25FN6O6/c1-13-9-19(33)30(2)20-15(13)3-4-16(25)21(20)35-8-7-26-6-5-14-11-31(24(34)37-14)17-10-27-23-22(28-17)29-18(32)12-36-23/h3-4,9-10,14,26H,5-8,11-12H2,1-2H3,(H,28,29,32). The number of nitrogens with zero attached hydrogens (tertiary/aromatic N) is 4. The van der Waals surface area contributed by atoms with Gasteiger partial charge in [-0.05, 0) is 37.6 Å². The van der Waals surface area contributed by atoms with Crippen LogP contribution >= 0.6 is 0 Å². The molecule has 2 amide bonds. The second-order valence-electron chi connectivity index (χ2n) is 8.72. The summed E-state index contributed by atoms with van der Waals surface area (Å²) in [6.45, 7) is 3.04. The minimum absolute atomic E-state index is 0.0377. The van der Waals surface area contributed by atoms with Crippen LogP contribution in [0.4, 0.5) is 20.8 Å². The Hall–Kier alpha value is -4.26. The molecule has 0 bridgehead atoms. The molecule has 2 N–H and O–H groups in total. The highest BCUT2D eigenvalue weighted by molar-refractivity contribution is 5.94. The van der Waals surface area contributed by atoms with Crippen LogP contribution in [0.3, 0.4) is 0 Å². The Morgan fingerprint density at radius 2 is 2.11 bits per heavy atom. The van der Waals surface area contributed by atoms with E-state index in [2.05, 4.69) is 20.6 Å². The second-order valence-corrected chi connectivity index (χ2v) is 8.72. The fourth-order valence-electron chi connectivity index (χ4n) is 4.27. The van der Waals surface area contributed by atoms with Crippen molar-refractivity contribution in [2.75, 3.05) is 43.1 Å². The quantitative estimate of drug-likeness (QED) is 0.430. The van der Waals surface area contributed by atoms with Gasteiger partial charge in [-0.2, -0.15) is 0 Å². The number of carbonyl (C=O) groups is 2. The van der Waals surface area contributed by atoms with Gasteiger partial charge in [0.15, 0.2) is 29.8 Å². The third kappa shape index (κ3) is 4.89. The van der Waals surface area contributed by atoms with Crippen molar-refractivity contribution in [3.8, 4) is 11.6 Å². The molecular weight excluding hydrogens is 487 g/mol. The Morgan fingerprint density at radius 3 is 2.95 bits per heavy atom. The van der Waals surface area contributed by atoms with Gasteiger partial charge in [0.05, 0.1) is 18.3 Å². The molecule has 0 saturated carbocycles. The van der Waals surface area contributed by atoms with Crippen molar-refractivity contribution in [3.63, 3.8) is 0 Å². The van der Waals surface area contributed by atoms with Gasteiger partial charge in [0.1, 0.15) is 12.7 Å². The summed E-state index contributed by atoms with van der Waals surface area (Å²) in [5.41, 5.74) is 0.929. The van der Waals surface area contributed by atoms with E-state index in [1.165, 1.54) is 27.8 Å². The van der Waals surface area contributed by atoms with E-state index < -0.39 is 11.9 Å². The van der Waals surface area contributed by atoms with Crippen LogP contribution in [0.15, 0.2) is 29.2 Å². The first-order valence-electron chi connectivity index (χ1n) is 11.7. The van der Waals surface area contributed by atoms with Gasteiger partial charge in [-0.3, -0.25) is 14.5 Å². The van der Waals surface area contributed by atoms with E-state index in [1.807, 2.05) is 0 Å². The molecule has 3 aromatic rings. The summed E-state index contributed by atoms with van der Waals surface area (Å²) in [6.07, 6.45) is 0.978. The number of anilines is 2. The van der Waals surface area contributed by atoms with Gasteiger partial charge >= 0.3 is 6.09 Å². The number of rotatable bonds is 8. The first-order chi connectivity index (χ1) is 17.8. The number of ether oxygens (including phenoxy) is 3. The van der Waals surface area contributed by atoms with E-state index in [0.717, 1.165) is 10.9 Å². The molecular formula is C24H25FN6O6. The number of amides is 2. The summed E-state index contributed by atoms with van der Waals surface area (Å²) in [6, 6.07) is 4.47. The fraction of sp³-hybridized carbons (Fsp3) is 0.375. The van der Waals surface area contributed by atoms with Crippen LogP contribution < -0.4 is 30.6 Å². The molecule has 1 atom stereocenters. The Balaban J connectivity index is 1.12. The lowest BCUT2D eigenvalue weighted by Crippen LogP contribution is -2.30. The zero-order valence-corrected chi connectivity index (χ0v) is 20.2. The number of benzene rings is 1. The zero-order valence-electron chi connectivity index (χ0n) is 20.2. The molecule has 0 radical (unpaired) electrons. The maximum atomic E-state index is 14.5. The van der Waals surface area contributed by atoms with Crippen molar-refractivity contribution < 1.29 is 28.2 Å². The highest BCUT2D eigenvalue weighted by Crippen LogP contribution is 2.30. The van der Waals surface area contributed by atoms with Gasteiger partial charge in [0.2, 0.25) is 0 Å². The molecule has 194 valence electrons. The van der Waals surface area contributed by atoms with Gasteiger partial charge in [0, 0.05) is 25.0 Å². The Labute approximate surface area is 210 Å². The summed E-state index contributed by atoms with van der Waals surface area (Å²) in [5, 5.41) is 6.49. The molecule has 2 aliphatic rings. The van der Waals surface area contributed by atoms with E-state index >= 15 is 0 Å². The second kappa shape index (κ2) is 10.0. The number of cyclic esters (lactones) is 1. The van der Waals surface area contributed by atoms with E-state index in [9.17, 15) is 18.8 Å². The Kier molecular flexibility index (Phi) is 6.61. The number of hydrogen-bond acceptors (Lipinski definition) is 9. The number of hydrogen-bond donors (Lipinski definition) is 2. The normalized spacial score (nSPS) is 16.8. The minimum atomic E-state index is -0.557. The topological polar surface area (TPSA) is 137 Å². The lowest BCUT2D eigenvalue weighted by molar-refractivity contribution is -0.118. The van der Waals surface area contributed by atoms with Gasteiger partial charge in [-0.1, -0.05) is 0 Å². The van der Waals surface area contributed by atoms with E-state index in [1.54, 1.807) is 20.0 Å². The fourth-order valence-corrected chi connectivity index (χ4v) is 4.27. The lowest BCUT2D eigenvalue weighted by Gasteiger charge is -2.18. The van der Waals surface area contributed by atoms with Crippen molar-refractivity contribution in [2.45, 2.75) is 19.4 Å². The number of halogens is 1. The van der Waals surface area contributed by atoms with Crippen LogP contribution in [0.2, 0.25) is 0 Å². The first-order valence-corrected chi connectivity index (χ1v) is 11.7. The molecule has 0 spiro atoms. The predicted octanol–water partition coefficient (Wildman–Crippen LogP) is 1.49. The highest BCUT2D eigenvalue weighted by Gasteiger charge is 2.34. The van der Waals surface area contributed by atoms with E-state index in [4.69, 9.17) is 14.2 Å². The number of nitrogens with one attached hydrogen (secondary N) is 2. The van der Waals surface area contributed by atoms with Gasteiger partial charge in [-0.15, -0.1) is 0 Å². The van der Waals surface area contributed by atoms with Crippen LogP contribution in [0.5, 0.6) is 11.6 Å². The average molecular weight is 512 g/mol. The molecule has 1 unspecified atom stereocenters. The number of fused-ring (bicyclic) bond motifs is 2. The molecule has 13 heteroatoms. The SMILES string of the molecule is Cc1cc(=O)n(C)c2c(OCCNCCC3CN(c4cnc5c(n4)NC(=O)CO5)C(=O)O3)c(F)ccc12. The monoisotopic (exact) mass is 512 g/mol. The maximum absolute atomic E-state index is 14.5. The molecule has 4 heterocycles. The number of aryl methyl sites for hydroxylation is 2. The maximum Gasteiger partial charge on any atom is 0.415 e. The summed E-state index contributed by atoms with van der Waals surface area (Å²) in [7, 11) is 1.58. The Morgan fingerprint density at radius 1 is 1.27 bits per heavy atom. The minimum Gasteiger partial charge on any atom is -0.487 e. The number of pyridine rings is 1. The van der Waals surface area contributed by atoms with Crippen LogP contribution in [-0.2, 0) is 16.6 Å². The van der Waals surface area contributed by atoms with Crippen molar-refractivity contribution >= 4 is 34.5 Å². The molecule has 1 aromatic carbocycles. The third-order valence-corrected chi connectivity index (χ3v) is 6.16. The van der Waals surface area contributed by atoms with Gasteiger partial charge in [0.25, 0.3) is 17.3 Å². The van der Waals surface area contributed by atoms with Gasteiger partial charge in [-0.25, -0.2) is 19.2 Å². The van der Waals surface area contributed by atoms with Crippen LogP contribution in [-0.4, -0.2) is 65.5 Å². The smallest absolute Gasteiger partial charge is 0.415 e.